The van der Waals surface area contributed by atoms with Gasteiger partial charge in [-0.15, -0.1) is 0 Å². The van der Waals surface area contributed by atoms with Crippen LogP contribution in [0.4, 0.5) is 0 Å². The molecule has 0 fully saturated rings. The summed E-state index contributed by atoms with van der Waals surface area (Å²) in [6, 6.07) is 12.9. The minimum Gasteiger partial charge on any atom is -0.486 e. The Morgan fingerprint density at radius 1 is 1.04 bits per heavy atom. The second kappa shape index (κ2) is 7.15. The van der Waals surface area contributed by atoms with Crippen LogP contribution in [0.2, 0.25) is 0 Å². The van der Waals surface area contributed by atoms with Crippen molar-refractivity contribution < 1.29 is 23.7 Å². The lowest BCUT2D eigenvalue weighted by Gasteiger charge is -2.23. The molecule has 1 amide bonds. The number of hydrogen-bond donors (Lipinski definition) is 1. The van der Waals surface area contributed by atoms with Crippen LogP contribution in [-0.4, -0.2) is 25.4 Å². The molecule has 0 saturated carbocycles. The van der Waals surface area contributed by atoms with Crippen LogP contribution < -0.4 is 24.3 Å². The summed E-state index contributed by atoms with van der Waals surface area (Å²) in [6.07, 6.45) is 0.751. The van der Waals surface area contributed by atoms with Crippen molar-refractivity contribution in [2.45, 2.75) is 32.1 Å². The Morgan fingerprint density at radius 2 is 1.73 bits per heavy atom. The van der Waals surface area contributed by atoms with Gasteiger partial charge in [0.05, 0.1) is 6.04 Å². The molecule has 0 aromatic heterocycles. The molecule has 136 valence electrons. The van der Waals surface area contributed by atoms with Crippen LogP contribution >= 0.6 is 0 Å². The van der Waals surface area contributed by atoms with Crippen molar-refractivity contribution in [2.75, 3.05) is 13.2 Å². The van der Waals surface area contributed by atoms with Crippen LogP contribution in [0.5, 0.6) is 23.0 Å². The zero-order valence-corrected chi connectivity index (χ0v) is 14.6. The molecule has 1 N–H and O–H groups in total. The topological polar surface area (TPSA) is 66.0 Å². The largest absolute Gasteiger partial charge is 0.486 e. The number of para-hydroxylation sites is 2. The van der Waals surface area contributed by atoms with Gasteiger partial charge in [0.15, 0.2) is 23.0 Å². The average molecular weight is 355 g/mol. The molecular weight excluding hydrogens is 334 g/mol. The van der Waals surface area contributed by atoms with E-state index in [4.69, 9.17) is 18.9 Å². The molecule has 0 radical (unpaired) electrons. The van der Waals surface area contributed by atoms with E-state index in [1.54, 1.807) is 12.1 Å². The van der Waals surface area contributed by atoms with Crippen molar-refractivity contribution in [3.05, 3.63) is 48.0 Å². The zero-order valence-electron chi connectivity index (χ0n) is 14.6. The number of carbonyl (C=O) groups excluding carboxylic acids is 1. The molecule has 2 aromatic carbocycles. The monoisotopic (exact) mass is 355 g/mol. The fourth-order valence-electron chi connectivity index (χ4n) is 3.13. The maximum absolute atomic E-state index is 12.6. The van der Waals surface area contributed by atoms with Crippen molar-refractivity contribution >= 4 is 5.91 Å². The van der Waals surface area contributed by atoms with Gasteiger partial charge in [-0.3, -0.25) is 4.79 Å². The minimum absolute atomic E-state index is 0.153. The summed E-state index contributed by atoms with van der Waals surface area (Å²) in [5, 5.41) is 3.03. The summed E-state index contributed by atoms with van der Waals surface area (Å²) in [5.41, 5.74) is 0.972. The smallest absolute Gasteiger partial charge is 0.321 e. The number of benzene rings is 2. The zero-order chi connectivity index (χ0) is 17.9. The summed E-state index contributed by atoms with van der Waals surface area (Å²) in [4.78, 5) is 12.6. The number of nitrogens with one attached hydrogen (secondary N) is 1. The summed E-state index contributed by atoms with van der Waals surface area (Å²) in [6.45, 7) is 3.16. The molecule has 1 atom stereocenters. The van der Waals surface area contributed by atoms with Gasteiger partial charge in [0, 0.05) is 0 Å². The normalized spacial score (nSPS) is 16.2. The van der Waals surface area contributed by atoms with Crippen molar-refractivity contribution in [3.8, 4) is 23.0 Å². The molecule has 4 rings (SSSR count). The molecule has 0 bridgehead atoms. The van der Waals surface area contributed by atoms with Gasteiger partial charge in [0.2, 0.25) is 0 Å². The first-order valence-corrected chi connectivity index (χ1v) is 8.87. The van der Waals surface area contributed by atoms with Crippen LogP contribution in [0.15, 0.2) is 42.5 Å². The van der Waals surface area contributed by atoms with Crippen LogP contribution in [0.3, 0.4) is 0 Å². The lowest BCUT2D eigenvalue weighted by Crippen LogP contribution is -2.41. The van der Waals surface area contributed by atoms with Crippen LogP contribution in [-0.2, 0) is 4.79 Å². The molecule has 2 aliphatic rings. The maximum atomic E-state index is 12.6. The molecule has 2 aliphatic heterocycles. The Bertz CT molecular complexity index is 782. The van der Waals surface area contributed by atoms with E-state index in [2.05, 4.69) is 12.2 Å². The third-order valence-corrected chi connectivity index (χ3v) is 4.39. The van der Waals surface area contributed by atoms with E-state index in [9.17, 15) is 4.79 Å². The first kappa shape index (κ1) is 16.6. The highest BCUT2D eigenvalue weighted by Gasteiger charge is 2.32. The fourth-order valence-corrected chi connectivity index (χ4v) is 3.13. The van der Waals surface area contributed by atoms with Crippen LogP contribution in [0, 0.1) is 0 Å². The summed E-state index contributed by atoms with van der Waals surface area (Å²) in [7, 11) is 0. The van der Waals surface area contributed by atoms with E-state index in [1.807, 2.05) is 30.3 Å². The van der Waals surface area contributed by atoms with Gasteiger partial charge in [-0.25, -0.2) is 0 Å². The second-order valence-corrected chi connectivity index (χ2v) is 6.27. The average Bonchev–Trinajstić information content (AvgIpc) is 3.11. The minimum atomic E-state index is -0.969. The van der Waals surface area contributed by atoms with Gasteiger partial charge in [0.1, 0.15) is 13.2 Å². The van der Waals surface area contributed by atoms with Gasteiger partial charge in [-0.1, -0.05) is 31.5 Å². The van der Waals surface area contributed by atoms with Crippen LogP contribution in [0.1, 0.15) is 31.4 Å². The number of rotatable bonds is 5. The molecule has 0 saturated heterocycles. The van der Waals surface area contributed by atoms with Crippen LogP contribution in [0.25, 0.3) is 0 Å². The standard InChI is InChI=1S/C20H21NO5/c1-2-5-14(13-8-9-15-18(12-13)24-11-10-23-15)21-19(22)20-25-16-6-3-4-7-17(16)26-20/h3-4,6-9,12,14,20H,2,5,10-11H2,1H3,(H,21,22). The molecule has 0 spiro atoms. The summed E-state index contributed by atoms with van der Waals surface area (Å²) in [5.74, 6) is 2.32. The second-order valence-electron chi connectivity index (χ2n) is 6.27. The quantitative estimate of drug-likeness (QED) is 0.892. The lowest BCUT2D eigenvalue weighted by atomic mass is 10.0. The lowest BCUT2D eigenvalue weighted by molar-refractivity contribution is -0.137. The van der Waals surface area contributed by atoms with Gasteiger partial charge >= 0.3 is 12.2 Å². The highest BCUT2D eigenvalue weighted by molar-refractivity contribution is 5.81. The highest BCUT2D eigenvalue weighted by Crippen LogP contribution is 2.35. The molecular formula is C20H21NO5. The number of hydrogen-bond acceptors (Lipinski definition) is 5. The Kier molecular flexibility index (Phi) is 4.56. The predicted octanol–water partition coefficient (Wildman–Crippen LogP) is 3.21. The van der Waals surface area contributed by atoms with E-state index in [0.717, 1.165) is 24.2 Å². The molecule has 26 heavy (non-hydrogen) atoms. The van der Waals surface area contributed by atoms with E-state index in [-0.39, 0.29) is 11.9 Å². The Labute approximate surface area is 152 Å². The number of carbonyl (C=O) groups is 1. The fraction of sp³-hybridized carbons (Fsp3) is 0.350. The van der Waals surface area contributed by atoms with E-state index in [1.165, 1.54) is 0 Å². The third kappa shape index (κ3) is 3.27. The molecule has 2 heterocycles. The predicted molar refractivity (Wildman–Crippen MR) is 94.7 cm³/mol. The van der Waals surface area contributed by atoms with Gasteiger partial charge in [-0.05, 0) is 36.2 Å². The third-order valence-electron chi connectivity index (χ3n) is 4.39. The van der Waals surface area contributed by atoms with Crippen molar-refractivity contribution in [2.24, 2.45) is 0 Å². The van der Waals surface area contributed by atoms with E-state index < -0.39 is 6.29 Å². The van der Waals surface area contributed by atoms with Gasteiger partial charge in [-0.2, -0.15) is 0 Å². The molecule has 2 aromatic rings. The van der Waals surface area contributed by atoms with Crippen molar-refractivity contribution in [1.82, 2.24) is 5.32 Å². The molecule has 0 aliphatic carbocycles. The summed E-state index contributed by atoms with van der Waals surface area (Å²) >= 11 is 0. The van der Waals surface area contributed by atoms with E-state index >= 15 is 0 Å². The number of fused-ring (bicyclic) bond motifs is 2. The number of amides is 1. The van der Waals surface area contributed by atoms with Gasteiger partial charge in [0.25, 0.3) is 0 Å². The maximum Gasteiger partial charge on any atom is 0.321 e. The Balaban J connectivity index is 1.48. The van der Waals surface area contributed by atoms with E-state index in [0.29, 0.717) is 30.5 Å². The molecule has 1 unspecified atom stereocenters. The Hall–Kier alpha value is -2.89. The molecule has 6 heteroatoms. The Morgan fingerprint density at radius 3 is 2.42 bits per heavy atom. The SMILES string of the molecule is CCCC(NC(=O)C1Oc2ccccc2O1)c1ccc2c(c1)OCCO2. The number of ether oxygens (including phenoxy) is 4. The molecule has 6 nitrogen and oxygen atoms in total. The summed E-state index contributed by atoms with van der Waals surface area (Å²) < 4.78 is 22.4. The first-order chi connectivity index (χ1) is 12.7. The highest BCUT2D eigenvalue weighted by atomic mass is 16.7. The van der Waals surface area contributed by atoms with Gasteiger partial charge < -0.3 is 24.3 Å². The first-order valence-electron chi connectivity index (χ1n) is 8.87. The van der Waals surface area contributed by atoms with Crippen molar-refractivity contribution in [1.29, 1.82) is 0 Å². The van der Waals surface area contributed by atoms with Crippen molar-refractivity contribution in [3.63, 3.8) is 0 Å².